The molecular formula is C32H52O2. The van der Waals surface area contributed by atoms with Crippen LogP contribution < -0.4 is 0 Å². The fourth-order valence-electron chi connectivity index (χ4n) is 11.3. The van der Waals surface area contributed by atoms with Gasteiger partial charge in [-0.15, -0.1) is 0 Å². The number of rotatable bonds is 4. The van der Waals surface area contributed by atoms with E-state index in [0.29, 0.717) is 45.1 Å². The molecule has 2 nitrogen and oxygen atoms in total. The molecular weight excluding hydrogens is 416 g/mol. The highest BCUT2D eigenvalue weighted by molar-refractivity contribution is 5.92. The van der Waals surface area contributed by atoms with Crippen molar-refractivity contribution in [2.45, 2.75) is 144 Å². The van der Waals surface area contributed by atoms with Crippen LogP contribution in [0.3, 0.4) is 0 Å². The van der Waals surface area contributed by atoms with Gasteiger partial charge in [-0.25, -0.2) is 0 Å². The lowest BCUT2D eigenvalue weighted by Gasteiger charge is -2.51. The monoisotopic (exact) mass is 468 g/mol. The average molecular weight is 469 g/mol. The van der Waals surface area contributed by atoms with Crippen LogP contribution in [-0.2, 0) is 9.59 Å². The molecule has 0 radical (unpaired) electrons. The summed E-state index contributed by atoms with van der Waals surface area (Å²) in [7, 11) is 0. The first-order chi connectivity index (χ1) is 15.9. The molecule has 6 fully saturated rings. The smallest absolute Gasteiger partial charge is 0.142 e. The van der Waals surface area contributed by atoms with E-state index in [1.165, 1.54) is 89.9 Å². The molecule has 2 spiro atoms. The van der Waals surface area contributed by atoms with E-state index in [2.05, 4.69) is 41.5 Å². The second-order valence-electron chi connectivity index (χ2n) is 15.1. The highest BCUT2D eigenvalue weighted by atomic mass is 16.1. The minimum absolute atomic E-state index is 0.112. The highest BCUT2D eigenvalue weighted by Crippen LogP contribution is 2.74. The topological polar surface area (TPSA) is 34.1 Å². The number of carbonyl (C=O) groups is 2. The molecule has 0 amide bonds. The van der Waals surface area contributed by atoms with Gasteiger partial charge in [0.05, 0.1) is 0 Å². The summed E-state index contributed by atoms with van der Waals surface area (Å²) in [5.41, 5.74) is 1.80. The van der Waals surface area contributed by atoms with Crippen LogP contribution in [0, 0.1) is 44.3 Å². The highest BCUT2D eigenvalue weighted by Gasteiger charge is 2.70. The maximum absolute atomic E-state index is 12.8. The van der Waals surface area contributed by atoms with Gasteiger partial charge in [-0.2, -0.15) is 0 Å². The standard InChI is InChI=1S/2C16H26O/c2*1-4-7-15-9-10-16(11-15)12(13(15)17)6-5-8-14(16,2)3/h2*12H,4-11H2,1-3H3/t2*12-,15+,16+/m10/s1. The van der Waals surface area contributed by atoms with Crippen LogP contribution in [0.1, 0.15) is 144 Å². The van der Waals surface area contributed by atoms with Gasteiger partial charge in [-0.05, 0) is 98.7 Å². The number of Topliss-reactive ketones (excluding diaryl/α,β-unsaturated/α-hetero) is 2. The number of hydrogen-bond donors (Lipinski definition) is 0. The van der Waals surface area contributed by atoms with Crippen molar-refractivity contribution in [3.05, 3.63) is 0 Å². The Kier molecular flexibility index (Phi) is 5.82. The molecule has 6 aliphatic carbocycles. The molecule has 0 aliphatic heterocycles. The van der Waals surface area contributed by atoms with Crippen molar-refractivity contribution in [2.75, 3.05) is 0 Å². The Morgan fingerprint density at radius 2 is 1.00 bits per heavy atom. The molecule has 4 bridgehead atoms. The van der Waals surface area contributed by atoms with Crippen LogP contribution in [0.25, 0.3) is 0 Å². The SMILES string of the molecule is CCC[C@@]12CC[C@@]3(C1)[C@@H](CCCC3(C)C)C2=O.CCC[C@]12CC[C@]3(C1)[C@H](CCCC3(C)C)C2=O. The van der Waals surface area contributed by atoms with Crippen LogP contribution in [-0.4, -0.2) is 11.6 Å². The van der Waals surface area contributed by atoms with E-state index in [9.17, 15) is 9.59 Å². The quantitative estimate of drug-likeness (QED) is 0.413. The summed E-state index contributed by atoms with van der Waals surface area (Å²) in [4.78, 5) is 25.6. The molecule has 0 aromatic carbocycles. The number of ketones is 2. The Morgan fingerprint density at radius 3 is 1.32 bits per heavy atom. The Labute approximate surface area is 209 Å². The normalized spacial score (nSPS) is 47.2. The Hall–Kier alpha value is -0.660. The van der Waals surface area contributed by atoms with Crippen LogP contribution in [0.4, 0.5) is 0 Å². The fourth-order valence-corrected chi connectivity index (χ4v) is 11.3. The van der Waals surface area contributed by atoms with E-state index in [1.807, 2.05) is 0 Å². The maximum Gasteiger partial charge on any atom is 0.142 e. The van der Waals surface area contributed by atoms with E-state index in [1.54, 1.807) is 0 Å². The van der Waals surface area contributed by atoms with Crippen LogP contribution >= 0.6 is 0 Å². The van der Waals surface area contributed by atoms with Crippen LogP contribution in [0.15, 0.2) is 0 Å². The van der Waals surface area contributed by atoms with Crippen molar-refractivity contribution in [1.82, 2.24) is 0 Å². The van der Waals surface area contributed by atoms with E-state index < -0.39 is 0 Å². The molecule has 6 saturated carbocycles. The molecule has 0 aromatic heterocycles. The lowest BCUT2D eigenvalue weighted by Crippen LogP contribution is -2.46. The third kappa shape index (κ3) is 3.04. The first kappa shape index (κ1) is 25.0. The van der Waals surface area contributed by atoms with Gasteiger partial charge in [0, 0.05) is 22.7 Å². The van der Waals surface area contributed by atoms with E-state index in [0.717, 1.165) is 12.8 Å². The third-order valence-electron chi connectivity index (χ3n) is 13.2. The van der Waals surface area contributed by atoms with Gasteiger partial charge in [-0.1, -0.05) is 67.2 Å². The van der Waals surface area contributed by atoms with Crippen molar-refractivity contribution in [3.63, 3.8) is 0 Å². The molecule has 0 N–H and O–H groups in total. The summed E-state index contributed by atoms with van der Waals surface area (Å²) in [6.07, 6.45) is 19.7. The second-order valence-corrected chi connectivity index (χ2v) is 15.1. The number of fused-ring (bicyclic) bond motifs is 2. The molecule has 34 heavy (non-hydrogen) atoms. The van der Waals surface area contributed by atoms with Crippen molar-refractivity contribution < 1.29 is 9.59 Å². The summed E-state index contributed by atoms with van der Waals surface area (Å²) >= 11 is 0. The molecule has 6 rings (SSSR count). The molecule has 0 heterocycles. The van der Waals surface area contributed by atoms with E-state index >= 15 is 0 Å². The minimum atomic E-state index is 0.112. The molecule has 2 heteroatoms. The average Bonchev–Trinajstić information content (AvgIpc) is 3.47. The largest absolute Gasteiger partial charge is 0.299 e. The molecule has 0 saturated heterocycles. The summed E-state index contributed by atoms with van der Waals surface area (Å²) in [6.45, 7) is 14.2. The van der Waals surface area contributed by atoms with Crippen LogP contribution in [0.2, 0.25) is 0 Å². The predicted molar refractivity (Wildman–Crippen MR) is 140 cm³/mol. The lowest BCUT2D eigenvalue weighted by atomic mass is 9.53. The van der Waals surface area contributed by atoms with Crippen molar-refractivity contribution in [3.8, 4) is 0 Å². The molecule has 0 aromatic rings. The zero-order chi connectivity index (χ0) is 24.6. The summed E-state index contributed by atoms with van der Waals surface area (Å²) < 4.78 is 0. The molecule has 6 atom stereocenters. The first-order valence-electron chi connectivity index (χ1n) is 15.0. The third-order valence-corrected chi connectivity index (χ3v) is 13.2. The Balaban J connectivity index is 0.000000142. The molecule has 192 valence electrons. The second kappa shape index (κ2) is 7.92. The number of hydrogen-bond acceptors (Lipinski definition) is 2. The van der Waals surface area contributed by atoms with Crippen molar-refractivity contribution in [2.24, 2.45) is 44.3 Å². The van der Waals surface area contributed by atoms with E-state index in [-0.39, 0.29) is 10.8 Å². The minimum Gasteiger partial charge on any atom is -0.299 e. The van der Waals surface area contributed by atoms with Gasteiger partial charge >= 0.3 is 0 Å². The number of carbonyl (C=O) groups excluding carboxylic acids is 2. The maximum atomic E-state index is 12.8. The van der Waals surface area contributed by atoms with Crippen LogP contribution in [0.5, 0.6) is 0 Å². The predicted octanol–water partition coefficient (Wildman–Crippen LogP) is 8.70. The van der Waals surface area contributed by atoms with Gasteiger partial charge in [-0.3, -0.25) is 9.59 Å². The first-order valence-corrected chi connectivity index (χ1v) is 15.0. The van der Waals surface area contributed by atoms with Crippen molar-refractivity contribution >= 4 is 11.6 Å². The molecule has 6 aliphatic rings. The summed E-state index contributed by atoms with van der Waals surface area (Å²) in [5.74, 6) is 2.18. The van der Waals surface area contributed by atoms with Gasteiger partial charge < -0.3 is 0 Å². The molecule has 0 unspecified atom stereocenters. The Bertz CT molecular complexity index is 783. The summed E-state index contributed by atoms with van der Waals surface area (Å²) in [6, 6.07) is 0. The Morgan fingerprint density at radius 1 is 0.618 bits per heavy atom. The zero-order valence-corrected chi connectivity index (χ0v) is 23.3. The fraction of sp³-hybridized carbons (Fsp3) is 0.938. The van der Waals surface area contributed by atoms with Crippen molar-refractivity contribution in [1.29, 1.82) is 0 Å². The van der Waals surface area contributed by atoms with E-state index in [4.69, 9.17) is 0 Å². The van der Waals surface area contributed by atoms with Gasteiger partial charge in [0.1, 0.15) is 11.6 Å². The summed E-state index contributed by atoms with van der Waals surface area (Å²) in [5, 5.41) is 0. The van der Waals surface area contributed by atoms with Gasteiger partial charge in [0.2, 0.25) is 0 Å². The zero-order valence-electron chi connectivity index (χ0n) is 23.3. The van der Waals surface area contributed by atoms with Gasteiger partial charge in [0.25, 0.3) is 0 Å². The van der Waals surface area contributed by atoms with Gasteiger partial charge in [0.15, 0.2) is 0 Å². The lowest BCUT2D eigenvalue weighted by molar-refractivity contribution is -0.138.